The predicted molar refractivity (Wildman–Crippen MR) is 134 cm³/mol. The molecule has 1 amide bonds. The van der Waals surface area contributed by atoms with Gasteiger partial charge in [0.2, 0.25) is 0 Å². The lowest BCUT2D eigenvalue weighted by Crippen LogP contribution is -2.52. The third kappa shape index (κ3) is 5.98. The van der Waals surface area contributed by atoms with Crippen LogP contribution in [0.15, 0.2) is 48.5 Å². The molecule has 2 aromatic carbocycles. The van der Waals surface area contributed by atoms with Gasteiger partial charge in [-0.05, 0) is 41.8 Å². The summed E-state index contributed by atoms with van der Waals surface area (Å²) in [4.78, 5) is 16.8. The maximum atomic E-state index is 12.7. The van der Waals surface area contributed by atoms with Crippen LogP contribution < -0.4 is 10.2 Å². The van der Waals surface area contributed by atoms with Crippen LogP contribution in [-0.2, 0) is 17.7 Å². The molecule has 0 aromatic heterocycles. The largest absolute Gasteiger partial charge is 0.394 e. The van der Waals surface area contributed by atoms with Crippen LogP contribution in [0.5, 0.6) is 0 Å². The Balaban J connectivity index is 0.00000193. The fourth-order valence-electron chi connectivity index (χ4n) is 4.57. The van der Waals surface area contributed by atoms with Crippen molar-refractivity contribution >= 4 is 36.4 Å². The maximum absolute atomic E-state index is 12.7. The molecule has 0 radical (unpaired) electrons. The Bertz CT molecular complexity index is 913. The van der Waals surface area contributed by atoms with Gasteiger partial charge in [0.25, 0.3) is 5.91 Å². The van der Waals surface area contributed by atoms with E-state index >= 15 is 0 Å². The van der Waals surface area contributed by atoms with Crippen LogP contribution in [0.4, 0.5) is 5.69 Å². The molecule has 2 aliphatic heterocycles. The lowest BCUT2D eigenvalue weighted by atomic mass is 9.95. The standard InChI is InChI=1S/C24H31N3O4.2ClH/c1-26(2)19-9-7-17(8-10-19)24(30)25-13-20-22(23(29)21(15-28)31-20)27-12-11-16-5-3-4-6-18(16)14-27;;/h3-10,20-23,28-29H,11-15H2,1-2H3,(H,25,30);2*1H/t20-,21+,22+,23-;;/m1../s1. The lowest BCUT2D eigenvalue weighted by molar-refractivity contribution is -0.0209. The third-order valence-electron chi connectivity index (χ3n) is 6.33. The summed E-state index contributed by atoms with van der Waals surface area (Å²) in [5, 5.41) is 23.4. The Morgan fingerprint density at radius 1 is 1.09 bits per heavy atom. The number of hydrogen-bond donors (Lipinski definition) is 3. The van der Waals surface area contributed by atoms with Crippen molar-refractivity contribution in [1.29, 1.82) is 0 Å². The molecule has 3 N–H and O–H groups in total. The second-order valence-corrected chi connectivity index (χ2v) is 8.52. The Kier molecular flexibility index (Phi) is 9.97. The molecule has 182 valence electrons. The van der Waals surface area contributed by atoms with Crippen LogP contribution in [0.3, 0.4) is 0 Å². The van der Waals surface area contributed by atoms with E-state index in [1.54, 1.807) is 12.1 Å². The highest BCUT2D eigenvalue weighted by Crippen LogP contribution is 2.30. The van der Waals surface area contributed by atoms with Crippen LogP contribution in [0, 0.1) is 0 Å². The zero-order valence-electron chi connectivity index (χ0n) is 18.9. The number of carbonyl (C=O) groups excluding carboxylic acids is 1. The van der Waals surface area contributed by atoms with Crippen molar-refractivity contribution in [3.05, 3.63) is 65.2 Å². The van der Waals surface area contributed by atoms with Crippen molar-refractivity contribution < 1.29 is 19.7 Å². The van der Waals surface area contributed by atoms with Gasteiger partial charge in [-0.1, -0.05) is 24.3 Å². The monoisotopic (exact) mass is 497 g/mol. The van der Waals surface area contributed by atoms with Gasteiger partial charge >= 0.3 is 0 Å². The molecule has 1 saturated heterocycles. The predicted octanol–water partition coefficient (Wildman–Crippen LogP) is 1.87. The number of nitrogens with one attached hydrogen (secondary N) is 1. The van der Waals surface area contributed by atoms with E-state index in [4.69, 9.17) is 4.74 Å². The van der Waals surface area contributed by atoms with E-state index in [0.29, 0.717) is 5.56 Å². The van der Waals surface area contributed by atoms with Gasteiger partial charge in [-0.15, -0.1) is 24.8 Å². The minimum atomic E-state index is -0.809. The lowest BCUT2D eigenvalue weighted by Gasteiger charge is -2.37. The molecule has 0 spiro atoms. The zero-order valence-corrected chi connectivity index (χ0v) is 20.5. The highest BCUT2D eigenvalue weighted by atomic mass is 35.5. The van der Waals surface area contributed by atoms with E-state index in [1.807, 2.05) is 43.3 Å². The van der Waals surface area contributed by atoms with Crippen molar-refractivity contribution in [1.82, 2.24) is 10.2 Å². The van der Waals surface area contributed by atoms with Gasteiger partial charge in [-0.2, -0.15) is 0 Å². The quantitative estimate of drug-likeness (QED) is 0.564. The van der Waals surface area contributed by atoms with Crippen LogP contribution in [-0.4, -0.2) is 79.2 Å². The number of aliphatic hydroxyl groups excluding tert-OH is 2. The van der Waals surface area contributed by atoms with Gasteiger partial charge in [-0.25, -0.2) is 0 Å². The first-order valence-electron chi connectivity index (χ1n) is 10.8. The molecule has 7 nitrogen and oxygen atoms in total. The SMILES string of the molecule is CN(C)c1ccc(C(=O)NC[C@H]2O[C@@H](CO)[C@@H](O)[C@H]2N2CCc3ccccc3C2)cc1.Cl.Cl. The van der Waals surface area contributed by atoms with Crippen molar-refractivity contribution in [3.63, 3.8) is 0 Å². The summed E-state index contributed by atoms with van der Waals surface area (Å²) in [7, 11) is 3.91. The van der Waals surface area contributed by atoms with Crippen molar-refractivity contribution in [2.75, 3.05) is 38.7 Å². The number of amides is 1. The zero-order chi connectivity index (χ0) is 22.0. The Morgan fingerprint density at radius 2 is 1.76 bits per heavy atom. The molecule has 2 aliphatic rings. The van der Waals surface area contributed by atoms with Crippen LogP contribution in [0.2, 0.25) is 0 Å². The summed E-state index contributed by atoms with van der Waals surface area (Å²) in [6.45, 7) is 1.54. The molecule has 0 unspecified atom stereocenters. The number of benzene rings is 2. The molecule has 33 heavy (non-hydrogen) atoms. The number of halogens is 2. The van der Waals surface area contributed by atoms with Crippen LogP contribution in [0.1, 0.15) is 21.5 Å². The van der Waals surface area contributed by atoms with Crippen LogP contribution >= 0.6 is 24.8 Å². The molecule has 2 aromatic rings. The van der Waals surface area contributed by atoms with Crippen molar-refractivity contribution in [3.8, 4) is 0 Å². The first-order valence-corrected chi connectivity index (χ1v) is 10.8. The normalized spacial score (nSPS) is 24.2. The van der Waals surface area contributed by atoms with Gasteiger partial charge < -0.3 is 25.2 Å². The van der Waals surface area contributed by atoms with Gasteiger partial charge in [0.15, 0.2) is 0 Å². The Hall–Kier alpha value is -1.87. The molecule has 4 rings (SSSR count). The van der Waals surface area contributed by atoms with Crippen molar-refractivity contribution in [2.24, 2.45) is 0 Å². The number of rotatable bonds is 6. The molecule has 0 aliphatic carbocycles. The molecule has 0 saturated carbocycles. The van der Waals surface area contributed by atoms with Gasteiger partial charge in [0, 0.05) is 45.0 Å². The van der Waals surface area contributed by atoms with Crippen molar-refractivity contribution in [2.45, 2.75) is 37.3 Å². The van der Waals surface area contributed by atoms with E-state index in [9.17, 15) is 15.0 Å². The maximum Gasteiger partial charge on any atom is 0.251 e. The number of anilines is 1. The van der Waals surface area contributed by atoms with Gasteiger partial charge in [0.1, 0.15) is 12.2 Å². The van der Waals surface area contributed by atoms with Gasteiger partial charge in [0.05, 0.1) is 18.8 Å². The average Bonchev–Trinajstić information content (AvgIpc) is 3.12. The summed E-state index contributed by atoms with van der Waals surface area (Å²) in [5.74, 6) is -0.182. The highest BCUT2D eigenvalue weighted by molar-refractivity contribution is 5.94. The summed E-state index contributed by atoms with van der Waals surface area (Å²) in [6, 6.07) is 15.4. The highest BCUT2D eigenvalue weighted by Gasteiger charge is 2.46. The van der Waals surface area contributed by atoms with E-state index < -0.39 is 18.3 Å². The Morgan fingerprint density at radius 3 is 2.39 bits per heavy atom. The summed E-state index contributed by atoms with van der Waals surface area (Å²) < 4.78 is 5.95. The minimum Gasteiger partial charge on any atom is -0.394 e. The first kappa shape index (κ1) is 27.4. The topological polar surface area (TPSA) is 85.3 Å². The number of carbonyl (C=O) groups is 1. The summed E-state index contributed by atoms with van der Waals surface area (Å²) in [6.07, 6.45) is -0.956. The number of aliphatic hydroxyl groups is 2. The van der Waals surface area contributed by atoms with E-state index in [1.165, 1.54) is 11.1 Å². The molecular formula is C24H33Cl2N3O4. The number of fused-ring (bicyclic) bond motifs is 1. The Labute approximate surface area is 207 Å². The van der Waals surface area contributed by atoms with E-state index in [0.717, 1.165) is 25.2 Å². The molecule has 9 heteroatoms. The van der Waals surface area contributed by atoms with Gasteiger partial charge in [-0.3, -0.25) is 9.69 Å². The molecule has 4 atom stereocenters. The third-order valence-corrected chi connectivity index (χ3v) is 6.33. The fourth-order valence-corrected chi connectivity index (χ4v) is 4.57. The average molecular weight is 498 g/mol. The summed E-state index contributed by atoms with van der Waals surface area (Å²) >= 11 is 0. The second kappa shape index (κ2) is 12.0. The van der Waals surface area contributed by atoms with Crippen LogP contribution in [0.25, 0.3) is 0 Å². The smallest absolute Gasteiger partial charge is 0.251 e. The minimum absolute atomic E-state index is 0. The second-order valence-electron chi connectivity index (χ2n) is 8.52. The molecule has 2 heterocycles. The number of nitrogens with zero attached hydrogens (tertiary/aromatic N) is 2. The molecule has 0 bridgehead atoms. The van der Waals surface area contributed by atoms with E-state index in [2.05, 4.69) is 22.3 Å². The molecule has 1 fully saturated rings. The molecular weight excluding hydrogens is 465 g/mol. The van der Waals surface area contributed by atoms with E-state index in [-0.39, 0.29) is 49.9 Å². The number of hydrogen-bond acceptors (Lipinski definition) is 6. The number of ether oxygens (including phenoxy) is 1. The first-order chi connectivity index (χ1) is 15.0. The fraction of sp³-hybridized carbons (Fsp3) is 0.458. The summed E-state index contributed by atoms with van der Waals surface area (Å²) in [5.41, 5.74) is 4.18.